The Bertz CT molecular complexity index is 732. The summed E-state index contributed by atoms with van der Waals surface area (Å²) in [5.74, 6) is -0.179. The fourth-order valence-electron chi connectivity index (χ4n) is 3.67. The minimum absolute atomic E-state index is 0.0842. The van der Waals surface area contributed by atoms with E-state index < -0.39 is 24.1 Å². The lowest BCUT2D eigenvalue weighted by molar-refractivity contribution is -0.135. The molecule has 0 saturated carbocycles. The van der Waals surface area contributed by atoms with Crippen molar-refractivity contribution in [3.05, 3.63) is 42.5 Å². The number of amides is 3. The largest absolute Gasteiger partial charge is 0.447 e. The normalized spacial score (nSPS) is 27.4. The molecule has 5 rings (SSSR count). The van der Waals surface area contributed by atoms with E-state index >= 15 is 0 Å². The maximum atomic E-state index is 12.7. The van der Waals surface area contributed by atoms with Crippen LogP contribution in [0.4, 0.5) is 9.59 Å². The molecule has 1 aliphatic carbocycles. The molecule has 3 amide bonds. The van der Waals surface area contributed by atoms with Crippen molar-refractivity contribution in [2.45, 2.75) is 12.5 Å². The maximum Gasteiger partial charge on any atom is 0.416 e. The third kappa shape index (κ3) is 2.86. The van der Waals surface area contributed by atoms with Gasteiger partial charge in [0.2, 0.25) is 5.91 Å². The number of piperidine rings is 1. The molecule has 0 unspecified atom stereocenters. The van der Waals surface area contributed by atoms with Crippen molar-refractivity contribution < 1.29 is 23.9 Å². The van der Waals surface area contributed by atoms with Crippen LogP contribution in [0.25, 0.3) is 0 Å². The van der Waals surface area contributed by atoms with Crippen LogP contribution < -0.4 is 4.74 Å². The fourth-order valence-corrected chi connectivity index (χ4v) is 3.67. The lowest BCUT2D eigenvalue weighted by Crippen LogP contribution is -2.57. The number of rotatable bonds is 2. The molecule has 7 nitrogen and oxygen atoms in total. The number of hydrogen-bond acceptors (Lipinski definition) is 5. The maximum absolute atomic E-state index is 12.7. The summed E-state index contributed by atoms with van der Waals surface area (Å²) in [5.41, 5.74) is 0. The molecular weight excluding hydrogens is 324 g/mol. The minimum atomic E-state index is -0.603. The number of ether oxygens (including phenoxy) is 2. The van der Waals surface area contributed by atoms with E-state index in [9.17, 15) is 14.4 Å². The van der Waals surface area contributed by atoms with Gasteiger partial charge in [-0.2, -0.15) is 0 Å². The van der Waals surface area contributed by atoms with E-state index in [1.54, 1.807) is 29.2 Å². The molecule has 7 heteroatoms. The summed E-state index contributed by atoms with van der Waals surface area (Å²) in [5, 5.41) is 0. The summed E-state index contributed by atoms with van der Waals surface area (Å²) in [6, 6.07) is 8.43. The highest BCUT2D eigenvalue weighted by atomic mass is 16.6. The zero-order valence-electron chi connectivity index (χ0n) is 13.5. The molecule has 0 N–H and O–H groups in total. The van der Waals surface area contributed by atoms with Crippen molar-refractivity contribution in [1.29, 1.82) is 0 Å². The van der Waals surface area contributed by atoms with Crippen LogP contribution >= 0.6 is 0 Å². The predicted octanol–water partition coefficient (Wildman–Crippen LogP) is 2.04. The zero-order chi connectivity index (χ0) is 17.4. The molecular formula is C18H18N2O5. The summed E-state index contributed by atoms with van der Waals surface area (Å²) >= 11 is 0. The van der Waals surface area contributed by atoms with Crippen LogP contribution in [0.5, 0.6) is 5.75 Å². The quantitative estimate of drug-likeness (QED) is 0.769. The zero-order valence-corrected chi connectivity index (χ0v) is 13.5. The Hall–Kier alpha value is -2.83. The van der Waals surface area contributed by atoms with Crippen LogP contribution in [0.3, 0.4) is 0 Å². The summed E-state index contributed by atoms with van der Waals surface area (Å²) in [6.07, 6.45) is 3.44. The highest BCUT2D eigenvalue weighted by Crippen LogP contribution is 2.36. The molecule has 2 bridgehead atoms. The SMILES string of the molecule is O=C1OCCN1C(=O)[C@@H]1C[C@@H]2C=C[C@H]1N(C(=O)Oc1ccccc1)C2. The highest BCUT2D eigenvalue weighted by Gasteiger charge is 2.47. The Kier molecular flexibility index (Phi) is 3.91. The van der Waals surface area contributed by atoms with Gasteiger partial charge in [-0.15, -0.1) is 0 Å². The first-order valence-electron chi connectivity index (χ1n) is 8.33. The van der Waals surface area contributed by atoms with Crippen LogP contribution in [0.1, 0.15) is 6.42 Å². The van der Waals surface area contributed by atoms with Gasteiger partial charge in [-0.1, -0.05) is 30.4 Å². The second kappa shape index (κ2) is 6.23. The molecule has 3 heterocycles. The summed E-state index contributed by atoms with van der Waals surface area (Å²) in [7, 11) is 0. The number of nitrogens with zero attached hydrogens (tertiary/aromatic N) is 2. The van der Waals surface area contributed by atoms with Gasteiger partial charge < -0.3 is 14.4 Å². The number of benzene rings is 1. The molecule has 0 radical (unpaired) electrons. The third-order valence-electron chi connectivity index (χ3n) is 4.87. The number of fused-ring (bicyclic) bond motifs is 2. The molecule has 3 atom stereocenters. The Balaban J connectivity index is 1.51. The average molecular weight is 342 g/mol. The van der Waals surface area contributed by atoms with Crippen molar-refractivity contribution in [3.63, 3.8) is 0 Å². The van der Waals surface area contributed by atoms with Gasteiger partial charge in [0.1, 0.15) is 12.4 Å². The van der Waals surface area contributed by atoms with Gasteiger partial charge in [0.25, 0.3) is 0 Å². The lowest BCUT2D eigenvalue weighted by atomic mass is 9.77. The fraction of sp³-hybridized carbons (Fsp3) is 0.389. The van der Waals surface area contributed by atoms with Crippen LogP contribution in [-0.4, -0.2) is 53.6 Å². The van der Waals surface area contributed by atoms with Crippen molar-refractivity contribution >= 4 is 18.1 Å². The summed E-state index contributed by atoms with van der Waals surface area (Å²) < 4.78 is 10.3. The summed E-state index contributed by atoms with van der Waals surface area (Å²) in [6.45, 7) is 1.01. The molecule has 2 fully saturated rings. The monoisotopic (exact) mass is 342 g/mol. The number of carbonyl (C=O) groups is 3. The van der Waals surface area contributed by atoms with E-state index in [4.69, 9.17) is 9.47 Å². The molecule has 1 aromatic carbocycles. The van der Waals surface area contributed by atoms with Gasteiger partial charge in [0, 0.05) is 6.54 Å². The van der Waals surface area contributed by atoms with Gasteiger partial charge >= 0.3 is 12.2 Å². The molecule has 3 aliphatic heterocycles. The molecule has 130 valence electrons. The van der Waals surface area contributed by atoms with E-state index in [2.05, 4.69) is 0 Å². The standard InChI is InChI=1S/C18H18N2O5/c21-16(19-8-9-24-17(19)22)14-10-12-6-7-15(14)20(11-12)18(23)25-13-4-2-1-3-5-13/h1-7,12,14-15H,8-11H2/t12-,14+,15+/m0/s1. The predicted molar refractivity (Wildman–Crippen MR) is 86.8 cm³/mol. The van der Waals surface area contributed by atoms with Gasteiger partial charge in [-0.3, -0.25) is 4.79 Å². The van der Waals surface area contributed by atoms with Crippen molar-refractivity contribution in [2.24, 2.45) is 11.8 Å². The molecule has 0 spiro atoms. The number of carbonyl (C=O) groups excluding carboxylic acids is 3. The number of imide groups is 1. The molecule has 1 aromatic rings. The molecule has 0 aromatic heterocycles. The van der Waals surface area contributed by atoms with Crippen molar-refractivity contribution in [1.82, 2.24) is 9.80 Å². The number of hydrogen-bond donors (Lipinski definition) is 0. The van der Waals surface area contributed by atoms with E-state index in [1.165, 1.54) is 0 Å². The molecule has 4 aliphatic rings. The van der Waals surface area contributed by atoms with E-state index in [1.807, 2.05) is 18.2 Å². The van der Waals surface area contributed by atoms with Gasteiger partial charge in [-0.05, 0) is 24.5 Å². The average Bonchev–Trinajstić information content (AvgIpc) is 3.08. The van der Waals surface area contributed by atoms with Crippen LogP contribution in [0.2, 0.25) is 0 Å². The van der Waals surface area contributed by atoms with Crippen LogP contribution in [0.15, 0.2) is 42.5 Å². The topological polar surface area (TPSA) is 76.2 Å². The third-order valence-corrected chi connectivity index (χ3v) is 4.87. The Morgan fingerprint density at radius 3 is 2.64 bits per heavy atom. The van der Waals surface area contributed by atoms with Crippen LogP contribution in [0, 0.1) is 11.8 Å². The van der Waals surface area contributed by atoms with Gasteiger partial charge in [-0.25, -0.2) is 14.5 Å². The van der Waals surface area contributed by atoms with Gasteiger partial charge in [0.05, 0.1) is 18.5 Å². The molecule has 25 heavy (non-hydrogen) atoms. The minimum Gasteiger partial charge on any atom is -0.447 e. The van der Waals surface area contributed by atoms with Crippen LogP contribution in [-0.2, 0) is 9.53 Å². The first-order chi connectivity index (χ1) is 12.1. The first-order valence-corrected chi connectivity index (χ1v) is 8.33. The van der Waals surface area contributed by atoms with E-state index in [-0.39, 0.29) is 25.0 Å². The van der Waals surface area contributed by atoms with Gasteiger partial charge in [0.15, 0.2) is 0 Å². The first kappa shape index (κ1) is 15.7. The highest BCUT2D eigenvalue weighted by molar-refractivity contribution is 5.95. The van der Waals surface area contributed by atoms with E-state index in [0.29, 0.717) is 18.7 Å². The summed E-state index contributed by atoms with van der Waals surface area (Å²) in [4.78, 5) is 39.7. The van der Waals surface area contributed by atoms with E-state index in [0.717, 1.165) is 4.90 Å². The Labute approximate surface area is 144 Å². The Morgan fingerprint density at radius 1 is 1.16 bits per heavy atom. The number of para-hydroxylation sites is 1. The Morgan fingerprint density at radius 2 is 1.96 bits per heavy atom. The second-order valence-electron chi connectivity index (χ2n) is 6.42. The van der Waals surface area contributed by atoms with Crippen molar-refractivity contribution in [2.75, 3.05) is 19.7 Å². The smallest absolute Gasteiger partial charge is 0.416 e. The lowest BCUT2D eigenvalue weighted by Gasteiger charge is -2.45. The second-order valence-corrected chi connectivity index (χ2v) is 6.42. The molecule has 2 saturated heterocycles. The van der Waals surface area contributed by atoms with Crippen molar-refractivity contribution in [3.8, 4) is 5.75 Å². The number of cyclic esters (lactones) is 1.